The SMILES string of the molecule is NC1CCCC(=O)N(c2cccc(F)c2)C1. The average molecular weight is 222 g/mol. The summed E-state index contributed by atoms with van der Waals surface area (Å²) in [5.74, 6) is -0.304. The molecule has 0 radical (unpaired) electrons. The van der Waals surface area contributed by atoms with Crippen LogP contribution < -0.4 is 10.6 Å². The molecule has 1 aliphatic rings. The molecule has 0 saturated carbocycles. The van der Waals surface area contributed by atoms with Crippen LogP contribution in [0.3, 0.4) is 0 Å². The third kappa shape index (κ3) is 2.39. The maximum atomic E-state index is 13.1. The van der Waals surface area contributed by atoms with E-state index in [9.17, 15) is 9.18 Å². The fraction of sp³-hybridized carbons (Fsp3) is 0.417. The highest BCUT2D eigenvalue weighted by atomic mass is 19.1. The number of benzene rings is 1. The van der Waals surface area contributed by atoms with Crippen LogP contribution in [0.25, 0.3) is 0 Å². The molecule has 1 saturated heterocycles. The third-order valence-corrected chi connectivity index (χ3v) is 2.80. The smallest absolute Gasteiger partial charge is 0.227 e. The van der Waals surface area contributed by atoms with Gasteiger partial charge >= 0.3 is 0 Å². The van der Waals surface area contributed by atoms with E-state index >= 15 is 0 Å². The first-order valence-corrected chi connectivity index (χ1v) is 5.48. The molecular weight excluding hydrogens is 207 g/mol. The molecule has 1 unspecified atom stereocenters. The van der Waals surface area contributed by atoms with Crippen molar-refractivity contribution in [3.63, 3.8) is 0 Å². The summed E-state index contributed by atoms with van der Waals surface area (Å²) in [6, 6.07) is 6.06. The Hall–Kier alpha value is -1.42. The van der Waals surface area contributed by atoms with Gasteiger partial charge in [0.1, 0.15) is 5.82 Å². The van der Waals surface area contributed by atoms with Crippen molar-refractivity contribution < 1.29 is 9.18 Å². The number of hydrogen-bond acceptors (Lipinski definition) is 2. The molecule has 1 amide bonds. The van der Waals surface area contributed by atoms with Gasteiger partial charge in [-0.15, -0.1) is 0 Å². The van der Waals surface area contributed by atoms with Gasteiger partial charge in [0.25, 0.3) is 0 Å². The summed E-state index contributed by atoms with van der Waals surface area (Å²) in [7, 11) is 0. The normalized spacial score (nSPS) is 22.0. The van der Waals surface area contributed by atoms with E-state index in [2.05, 4.69) is 0 Å². The van der Waals surface area contributed by atoms with Crippen LogP contribution in [0.5, 0.6) is 0 Å². The van der Waals surface area contributed by atoms with Gasteiger partial charge in [-0.25, -0.2) is 4.39 Å². The van der Waals surface area contributed by atoms with Crippen LogP contribution in [0.2, 0.25) is 0 Å². The van der Waals surface area contributed by atoms with E-state index in [1.807, 2.05) is 0 Å². The van der Waals surface area contributed by atoms with Crippen LogP contribution in [-0.4, -0.2) is 18.5 Å². The van der Waals surface area contributed by atoms with Crippen molar-refractivity contribution in [3.05, 3.63) is 30.1 Å². The summed E-state index contributed by atoms with van der Waals surface area (Å²) in [5, 5.41) is 0. The molecule has 3 nitrogen and oxygen atoms in total. The number of anilines is 1. The van der Waals surface area contributed by atoms with Gasteiger partial charge in [-0.2, -0.15) is 0 Å². The fourth-order valence-corrected chi connectivity index (χ4v) is 1.97. The van der Waals surface area contributed by atoms with Crippen LogP contribution in [0.15, 0.2) is 24.3 Å². The van der Waals surface area contributed by atoms with Gasteiger partial charge in [-0.1, -0.05) is 6.07 Å². The first kappa shape index (κ1) is 11.1. The van der Waals surface area contributed by atoms with Gasteiger partial charge in [0.15, 0.2) is 0 Å². The second kappa shape index (κ2) is 4.61. The Morgan fingerprint density at radius 2 is 2.25 bits per heavy atom. The van der Waals surface area contributed by atoms with Gasteiger partial charge in [0.2, 0.25) is 5.91 Å². The largest absolute Gasteiger partial charge is 0.326 e. The molecule has 0 spiro atoms. The summed E-state index contributed by atoms with van der Waals surface area (Å²) >= 11 is 0. The second-order valence-corrected chi connectivity index (χ2v) is 4.14. The molecule has 86 valence electrons. The molecule has 2 N–H and O–H groups in total. The molecule has 1 aromatic carbocycles. The van der Waals surface area contributed by atoms with Crippen LogP contribution in [0, 0.1) is 5.82 Å². The maximum Gasteiger partial charge on any atom is 0.227 e. The molecule has 1 atom stereocenters. The Labute approximate surface area is 94.0 Å². The van der Waals surface area contributed by atoms with Gasteiger partial charge < -0.3 is 10.6 Å². The lowest BCUT2D eigenvalue weighted by atomic mass is 10.1. The van der Waals surface area contributed by atoms with Crippen molar-refractivity contribution >= 4 is 11.6 Å². The predicted molar refractivity (Wildman–Crippen MR) is 60.6 cm³/mol. The number of hydrogen-bond donors (Lipinski definition) is 1. The number of nitrogens with two attached hydrogens (primary N) is 1. The molecule has 4 heteroatoms. The van der Waals surface area contributed by atoms with Gasteiger partial charge in [0, 0.05) is 24.7 Å². The Balaban J connectivity index is 2.26. The molecule has 1 aromatic rings. The van der Waals surface area contributed by atoms with Crippen molar-refractivity contribution in [2.45, 2.75) is 25.3 Å². The number of amides is 1. The van der Waals surface area contributed by atoms with Gasteiger partial charge in [-0.05, 0) is 31.0 Å². The minimum Gasteiger partial charge on any atom is -0.326 e. The standard InChI is InChI=1S/C12H15FN2O/c13-9-3-1-5-11(7-9)15-8-10(14)4-2-6-12(15)16/h1,3,5,7,10H,2,4,6,8,14H2. The second-order valence-electron chi connectivity index (χ2n) is 4.14. The minimum absolute atomic E-state index is 0.0188. The minimum atomic E-state index is -0.330. The molecular formula is C12H15FN2O. The predicted octanol–water partition coefficient (Wildman–Crippen LogP) is 1.67. The van der Waals surface area contributed by atoms with E-state index in [4.69, 9.17) is 5.73 Å². The molecule has 16 heavy (non-hydrogen) atoms. The third-order valence-electron chi connectivity index (χ3n) is 2.80. The Morgan fingerprint density at radius 1 is 1.44 bits per heavy atom. The fourth-order valence-electron chi connectivity index (χ4n) is 1.97. The highest BCUT2D eigenvalue weighted by molar-refractivity contribution is 5.93. The number of rotatable bonds is 1. The van der Waals surface area contributed by atoms with Crippen molar-refractivity contribution in [2.75, 3.05) is 11.4 Å². The zero-order valence-corrected chi connectivity index (χ0v) is 9.03. The molecule has 2 rings (SSSR count). The molecule has 0 bridgehead atoms. The monoisotopic (exact) mass is 222 g/mol. The lowest BCUT2D eigenvalue weighted by Crippen LogP contribution is -2.38. The molecule has 1 heterocycles. The highest BCUT2D eigenvalue weighted by Crippen LogP contribution is 2.20. The first-order valence-electron chi connectivity index (χ1n) is 5.48. The summed E-state index contributed by atoms with van der Waals surface area (Å²) in [4.78, 5) is 13.4. The van der Waals surface area contributed by atoms with E-state index in [0.717, 1.165) is 12.8 Å². The van der Waals surface area contributed by atoms with E-state index in [0.29, 0.717) is 18.7 Å². The van der Waals surface area contributed by atoms with E-state index in [1.54, 1.807) is 17.0 Å². The van der Waals surface area contributed by atoms with E-state index < -0.39 is 0 Å². The summed E-state index contributed by atoms with van der Waals surface area (Å²) in [5.41, 5.74) is 6.47. The highest BCUT2D eigenvalue weighted by Gasteiger charge is 2.22. The molecule has 1 aliphatic heterocycles. The van der Waals surface area contributed by atoms with Crippen LogP contribution >= 0.6 is 0 Å². The van der Waals surface area contributed by atoms with Crippen molar-refractivity contribution in [1.29, 1.82) is 0 Å². The lowest BCUT2D eigenvalue weighted by Gasteiger charge is -2.22. The van der Waals surface area contributed by atoms with Crippen LogP contribution in [0.4, 0.5) is 10.1 Å². The first-order chi connectivity index (χ1) is 7.66. The topological polar surface area (TPSA) is 46.3 Å². The van der Waals surface area contributed by atoms with Crippen LogP contribution in [0.1, 0.15) is 19.3 Å². The maximum absolute atomic E-state index is 13.1. The number of halogens is 1. The molecule has 1 fully saturated rings. The van der Waals surface area contributed by atoms with E-state index in [-0.39, 0.29) is 17.8 Å². The number of nitrogens with zero attached hydrogens (tertiary/aromatic N) is 1. The zero-order valence-electron chi connectivity index (χ0n) is 9.03. The average Bonchev–Trinajstić information content (AvgIpc) is 2.41. The summed E-state index contributed by atoms with van der Waals surface area (Å²) in [6.45, 7) is 0.474. The number of carbonyl (C=O) groups is 1. The lowest BCUT2D eigenvalue weighted by molar-refractivity contribution is -0.118. The van der Waals surface area contributed by atoms with Gasteiger partial charge in [-0.3, -0.25) is 4.79 Å². The molecule has 0 aliphatic carbocycles. The van der Waals surface area contributed by atoms with E-state index in [1.165, 1.54) is 12.1 Å². The Bertz CT molecular complexity index is 394. The van der Waals surface area contributed by atoms with Gasteiger partial charge in [0.05, 0.1) is 0 Å². The van der Waals surface area contributed by atoms with Crippen molar-refractivity contribution in [1.82, 2.24) is 0 Å². The molecule has 0 aromatic heterocycles. The summed E-state index contributed by atoms with van der Waals surface area (Å²) in [6.07, 6.45) is 2.15. The van der Waals surface area contributed by atoms with Crippen molar-refractivity contribution in [2.24, 2.45) is 5.73 Å². The van der Waals surface area contributed by atoms with Crippen LogP contribution in [-0.2, 0) is 4.79 Å². The zero-order chi connectivity index (χ0) is 11.5. The Morgan fingerprint density at radius 3 is 3.00 bits per heavy atom. The summed E-state index contributed by atoms with van der Waals surface area (Å²) < 4.78 is 13.1. The number of carbonyl (C=O) groups excluding carboxylic acids is 1. The van der Waals surface area contributed by atoms with Crippen molar-refractivity contribution in [3.8, 4) is 0 Å². The quantitative estimate of drug-likeness (QED) is 0.785. The Kier molecular flexibility index (Phi) is 3.19.